The fourth-order valence-corrected chi connectivity index (χ4v) is 2.86. The second kappa shape index (κ2) is 5.56. The van der Waals surface area contributed by atoms with Crippen molar-refractivity contribution >= 4 is 35.2 Å². The molecule has 0 radical (unpaired) electrons. The van der Waals surface area contributed by atoms with Gasteiger partial charge in [-0.3, -0.25) is 0 Å². The number of benzene rings is 1. The Labute approximate surface area is 114 Å². The lowest BCUT2D eigenvalue weighted by Gasteiger charge is -2.13. The van der Waals surface area contributed by atoms with E-state index in [1.54, 1.807) is 6.07 Å². The van der Waals surface area contributed by atoms with Gasteiger partial charge >= 0.3 is 7.12 Å². The highest BCUT2D eigenvalue weighted by Gasteiger charge is 2.38. The Kier molecular flexibility index (Phi) is 4.29. The number of fused-ring (bicyclic) bond motifs is 1. The molecule has 2 rings (SSSR count). The van der Waals surface area contributed by atoms with Gasteiger partial charge in [0.15, 0.2) is 0 Å². The third kappa shape index (κ3) is 2.45. The standard InChI is InChI=1S/C11H14BIO4/c1-2-8-10-7(13)3-4-9(16-6-5-14)11(10)12(15)17-8/h3-4,8,14-15H,2,5-6H2,1H3. The third-order valence-electron chi connectivity index (χ3n) is 2.78. The second-order valence-corrected chi connectivity index (χ2v) is 4.99. The molecule has 0 saturated heterocycles. The molecule has 0 amide bonds. The molecule has 17 heavy (non-hydrogen) atoms. The summed E-state index contributed by atoms with van der Waals surface area (Å²) in [6, 6.07) is 3.75. The Balaban J connectivity index is 2.42. The first-order chi connectivity index (χ1) is 8.19. The van der Waals surface area contributed by atoms with Crippen molar-refractivity contribution in [2.24, 2.45) is 0 Å². The molecular weight excluding hydrogens is 334 g/mol. The van der Waals surface area contributed by atoms with Crippen LogP contribution >= 0.6 is 22.6 Å². The summed E-state index contributed by atoms with van der Waals surface area (Å²) in [5.41, 5.74) is 1.72. The van der Waals surface area contributed by atoms with Gasteiger partial charge in [0.2, 0.25) is 0 Å². The minimum absolute atomic E-state index is 0.0467. The van der Waals surface area contributed by atoms with Crippen molar-refractivity contribution in [2.75, 3.05) is 13.2 Å². The zero-order valence-electron chi connectivity index (χ0n) is 9.52. The van der Waals surface area contributed by atoms with Gasteiger partial charge in [-0.1, -0.05) is 6.92 Å². The molecule has 1 heterocycles. The number of aliphatic hydroxyl groups is 1. The fourth-order valence-electron chi connectivity index (χ4n) is 2.05. The van der Waals surface area contributed by atoms with Gasteiger partial charge in [-0.15, -0.1) is 0 Å². The van der Waals surface area contributed by atoms with E-state index >= 15 is 0 Å². The van der Waals surface area contributed by atoms with E-state index in [1.165, 1.54) is 0 Å². The lowest BCUT2D eigenvalue weighted by molar-refractivity contribution is 0.185. The van der Waals surface area contributed by atoms with E-state index in [2.05, 4.69) is 22.6 Å². The lowest BCUT2D eigenvalue weighted by atomic mass is 9.78. The summed E-state index contributed by atoms with van der Waals surface area (Å²) in [6.45, 7) is 2.19. The monoisotopic (exact) mass is 348 g/mol. The largest absolute Gasteiger partial charge is 0.495 e. The van der Waals surface area contributed by atoms with Gasteiger partial charge in [-0.05, 0) is 46.7 Å². The molecule has 0 spiro atoms. The van der Waals surface area contributed by atoms with E-state index in [0.717, 1.165) is 15.6 Å². The van der Waals surface area contributed by atoms with Crippen molar-refractivity contribution in [1.82, 2.24) is 0 Å². The number of rotatable bonds is 4. The molecule has 1 aliphatic rings. The molecule has 6 heteroatoms. The number of halogens is 1. The van der Waals surface area contributed by atoms with Crippen LogP contribution in [0.25, 0.3) is 0 Å². The van der Waals surface area contributed by atoms with Crippen LogP contribution in [0.1, 0.15) is 25.0 Å². The Morgan fingerprint density at radius 1 is 1.53 bits per heavy atom. The van der Waals surface area contributed by atoms with Crippen molar-refractivity contribution in [1.29, 1.82) is 0 Å². The highest BCUT2D eigenvalue weighted by molar-refractivity contribution is 14.1. The summed E-state index contributed by atoms with van der Waals surface area (Å²) >= 11 is 2.23. The van der Waals surface area contributed by atoms with E-state index in [1.807, 2.05) is 13.0 Å². The summed E-state index contributed by atoms with van der Waals surface area (Å²) in [5.74, 6) is 0.595. The highest BCUT2D eigenvalue weighted by Crippen LogP contribution is 2.33. The number of hydrogen-bond donors (Lipinski definition) is 2. The van der Waals surface area contributed by atoms with Gasteiger partial charge in [-0.25, -0.2) is 0 Å². The maximum absolute atomic E-state index is 9.92. The van der Waals surface area contributed by atoms with Crippen molar-refractivity contribution in [3.05, 3.63) is 21.3 Å². The Morgan fingerprint density at radius 2 is 2.29 bits per heavy atom. The molecule has 4 nitrogen and oxygen atoms in total. The first kappa shape index (κ1) is 13.1. The van der Waals surface area contributed by atoms with Crippen LogP contribution in [0.4, 0.5) is 0 Å². The third-order valence-corrected chi connectivity index (χ3v) is 3.72. The molecule has 0 saturated carbocycles. The molecule has 1 aromatic carbocycles. The zero-order valence-corrected chi connectivity index (χ0v) is 11.7. The summed E-state index contributed by atoms with van der Waals surface area (Å²) in [5, 5.41) is 18.7. The molecule has 1 atom stereocenters. The number of hydrogen-bond acceptors (Lipinski definition) is 4. The van der Waals surface area contributed by atoms with Gasteiger partial charge in [-0.2, -0.15) is 0 Å². The van der Waals surface area contributed by atoms with Gasteiger partial charge in [0.05, 0.1) is 12.7 Å². The maximum atomic E-state index is 9.92. The van der Waals surface area contributed by atoms with E-state index in [0.29, 0.717) is 11.2 Å². The van der Waals surface area contributed by atoms with Crippen LogP contribution in [-0.4, -0.2) is 30.5 Å². The summed E-state index contributed by atoms with van der Waals surface area (Å²) in [4.78, 5) is 0. The smallest absolute Gasteiger partial charge is 0.492 e. The zero-order chi connectivity index (χ0) is 12.4. The van der Waals surface area contributed by atoms with E-state index in [4.69, 9.17) is 14.5 Å². The van der Waals surface area contributed by atoms with Crippen molar-refractivity contribution in [2.45, 2.75) is 19.4 Å². The van der Waals surface area contributed by atoms with Crippen LogP contribution in [0.3, 0.4) is 0 Å². The van der Waals surface area contributed by atoms with Crippen molar-refractivity contribution in [3.63, 3.8) is 0 Å². The average molecular weight is 348 g/mol. The minimum Gasteiger partial charge on any atom is -0.492 e. The van der Waals surface area contributed by atoms with Gasteiger partial charge in [0, 0.05) is 9.03 Å². The molecular formula is C11H14BIO4. The molecule has 0 bridgehead atoms. The summed E-state index contributed by atoms with van der Waals surface area (Å²) in [6.07, 6.45) is 0.730. The highest BCUT2D eigenvalue weighted by atomic mass is 127. The number of aliphatic hydroxyl groups excluding tert-OH is 1. The quantitative estimate of drug-likeness (QED) is 0.625. The van der Waals surface area contributed by atoms with Gasteiger partial charge in [0.1, 0.15) is 12.4 Å². The normalized spacial score (nSPS) is 18.4. The minimum atomic E-state index is -0.932. The van der Waals surface area contributed by atoms with E-state index < -0.39 is 7.12 Å². The lowest BCUT2D eigenvalue weighted by Crippen LogP contribution is -2.30. The Hall–Kier alpha value is -0.305. The van der Waals surface area contributed by atoms with Crippen LogP contribution in [0.15, 0.2) is 12.1 Å². The second-order valence-electron chi connectivity index (χ2n) is 3.83. The average Bonchev–Trinajstić information content (AvgIpc) is 2.67. The van der Waals surface area contributed by atoms with Gasteiger partial charge in [0.25, 0.3) is 0 Å². The number of ether oxygens (including phenoxy) is 1. The van der Waals surface area contributed by atoms with Crippen LogP contribution < -0.4 is 10.2 Å². The summed E-state index contributed by atoms with van der Waals surface area (Å²) in [7, 11) is -0.932. The predicted molar refractivity (Wildman–Crippen MR) is 73.5 cm³/mol. The van der Waals surface area contributed by atoms with Crippen LogP contribution in [-0.2, 0) is 4.65 Å². The maximum Gasteiger partial charge on any atom is 0.495 e. The molecule has 1 aliphatic heterocycles. The van der Waals surface area contributed by atoms with Crippen LogP contribution in [0, 0.1) is 3.57 Å². The first-order valence-corrected chi connectivity index (χ1v) is 6.66. The topological polar surface area (TPSA) is 58.9 Å². The van der Waals surface area contributed by atoms with Crippen LogP contribution in [0.2, 0.25) is 0 Å². The fraction of sp³-hybridized carbons (Fsp3) is 0.455. The molecule has 0 fully saturated rings. The Bertz CT molecular complexity index is 413. The van der Waals surface area contributed by atoms with Crippen LogP contribution in [0.5, 0.6) is 5.75 Å². The van der Waals surface area contributed by atoms with Crippen molar-refractivity contribution in [3.8, 4) is 5.75 Å². The molecule has 2 N–H and O–H groups in total. The van der Waals surface area contributed by atoms with E-state index in [9.17, 15) is 5.02 Å². The summed E-state index contributed by atoms with van der Waals surface area (Å²) < 4.78 is 12.0. The molecule has 1 aromatic rings. The molecule has 92 valence electrons. The predicted octanol–water partition coefficient (Wildman–Crippen LogP) is 0.831. The molecule has 1 unspecified atom stereocenters. The first-order valence-electron chi connectivity index (χ1n) is 5.58. The van der Waals surface area contributed by atoms with E-state index in [-0.39, 0.29) is 19.3 Å². The Morgan fingerprint density at radius 3 is 2.94 bits per heavy atom. The SMILES string of the molecule is CCC1OB(O)c2c(OCCO)ccc(I)c21. The molecule has 0 aromatic heterocycles. The van der Waals surface area contributed by atoms with Gasteiger partial charge < -0.3 is 19.5 Å². The van der Waals surface area contributed by atoms with Crippen molar-refractivity contribution < 1.29 is 19.5 Å². The molecule has 0 aliphatic carbocycles.